The van der Waals surface area contributed by atoms with Crippen LogP contribution in [-0.2, 0) is 21.5 Å². The molecule has 0 saturated carbocycles. The van der Waals surface area contributed by atoms with Gasteiger partial charge in [-0.25, -0.2) is 4.79 Å². The van der Waals surface area contributed by atoms with Crippen molar-refractivity contribution >= 4 is 17.8 Å². The van der Waals surface area contributed by atoms with Gasteiger partial charge in [-0.1, -0.05) is 98.8 Å². The normalized spacial score (nSPS) is 15.7. The number of nitrogens with zero attached hydrogens (tertiary/aromatic N) is 1. The van der Waals surface area contributed by atoms with Gasteiger partial charge in [-0.2, -0.15) is 0 Å². The minimum atomic E-state index is -1.38. The highest BCUT2D eigenvalue weighted by Gasteiger charge is 2.54. The molecule has 0 spiro atoms. The van der Waals surface area contributed by atoms with Gasteiger partial charge in [-0.3, -0.25) is 14.5 Å². The molecule has 0 aromatic heterocycles. The highest BCUT2D eigenvalue weighted by Crippen LogP contribution is 2.35. The molecule has 1 aliphatic rings. The molecule has 0 aliphatic carbocycles. The molecule has 1 saturated heterocycles. The van der Waals surface area contributed by atoms with E-state index in [1.165, 1.54) is 5.56 Å². The van der Waals surface area contributed by atoms with Gasteiger partial charge in [0.2, 0.25) is 5.91 Å². The molecule has 1 unspecified atom stereocenters. The van der Waals surface area contributed by atoms with Crippen LogP contribution in [0.5, 0.6) is 0 Å². The number of hydrogen-bond acceptors (Lipinski definition) is 3. The van der Waals surface area contributed by atoms with E-state index in [0.29, 0.717) is 17.0 Å². The van der Waals surface area contributed by atoms with Crippen LogP contribution in [0.25, 0.3) is 0 Å². The highest BCUT2D eigenvalue weighted by atomic mass is 16.2. The summed E-state index contributed by atoms with van der Waals surface area (Å²) in [5, 5.41) is 5.79. The van der Waals surface area contributed by atoms with Crippen LogP contribution in [0.15, 0.2) is 84.9 Å². The van der Waals surface area contributed by atoms with Crippen LogP contribution < -0.4 is 10.6 Å². The fraction of sp³-hybridized carbons (Fsp3) is 0.276. The van der Waals surface area contributed by atoms with Gasteiger partial charge in [0.1, 0.15) is 6.54 Å². The molecular formula is C29H31N3O3. The molecule has 3 aromatic rings. The summed E-state index contributed by atoms with van der Waals surface area (Å²) in [6, 6.07) is 25.5. The Kier molecular flexibility index (Phi) is 7.01. The van der Waals surface area contributed by atoms with Crippen molar-refractivity contribution in [1.29, 1.82) is 0 Å². The fourth-order valence-electron chi connectivity index (χ4n) is 4.58. The van der Waals surface area contributed by atoms with Crippen molar-refractivity contribution < 1.29 is 14.4 Å². The maximum absolute atomic E-state index is 13.7. The summed E-state index contributed by atoms with van der Waals surface area (Å²) in [6.45, 7) is 5.88. The Morgan fingerprint density at radius 2 is 1.40 bits per heavy atom. The Hall–Kier alpha value is -3.93. The van der Waals surface area contributed by atoms with Gasteiger partial charge in [0, 0.05) is 0 Å². The van der Waals surface area contributed by atoms with E-state index in [4.69, 9.17) is 0 Å². The van der Waals surface area contributed by atoms with Crippen LogP contribution in [0.2, 0.25) is 0 Å². The van der Waals surface area contributed by atoms with Gasteiger partial charge >= 0.3 is 6.03 Å². The first-order valence-corrected chi connectivity index (χ1v) is 11.9. The number of urea groups is 1. The maximum Gasteiger partial charge on any atom is 0.326 e. The number of hydrogen-bond donors (Lipinski definition) is 2. The summed E-state index contributed by atoms with van der Waals surface area (Å²) in [5.74, 6) is -0.300. The Morgan fingerprint density at radius 3 is 1.91 bits per heavy atom. The predicted molar refractivity (Wildman–Crippen MR) is 135 cm³/mol. The third-order valence-corrected chi connectivity index (χ3v) is 6.32. The van der Waals surface area contributed by atoms with E-state index in [1.807, 2.05) is 55.5 Å². The van der Waals surface area contributed by atoms with E-state index in [9.17, 15) is 14.4 Å². The number of rotatable bonds is 8. The zero-order valence-corrected chi connectivity index (χ0v) is 20.3. The molecule has 3 aromatic carbocycles. The molecule has 4 amide bonds. The van der Waals surface area contributed by atoms with Gasteiger partial charge in [0.05, 0.1) is 6.04 Å². The van der Waals surface area contributed by atoms with Crippen molar-refractivity contribution in [1.82, 2.24) is 15.5 Å². The molecule has 1 heterocycles. The number of nitrogens with one attached hydrogen (secondary N) is 2. The van der Waals surface area contributed by atoms with Gasteiger partial charge in [-0.15, -0.1) is 0 Å². The smallest absolute Gasteiger partial charge is 0.326 e. The second kappa shape index (κ2) is 10.1. The lowest BCUT2D eigenvalue weighted by molar-refractivity contribution is -0.134. The van der Waals surface area contributed by atoms with Crippen molar-refractivity contribution in [3.8, 4) is 0 Å². The van der Waals surface area contributed by atoms with E-state index >= 15 is 0 Å². The van der Waals surface area contributed by atoms with Crippen LogP contribution in [0.4, 0.5) is 4.79 Å². The number of amides is 4. The summed E-state index contributed by atoms with van der Waals surface area (Å²) in [6.07, 6.45) is 0.998. The Labute approximate surface area is 206 Å². The summed E-state index contributed by atoms with van der Waals surface area (Å²) >= 11 is 0. The lowest BCUT2D eigenvalue weighted by atomic mass is 9.82. The van der Waals surface area contributed by atoms with Gasteiger partial charge < -0.3 is 10.6 Å². The van der Waals surface area contributed by atoms with E-state index in [2.05, 4.69) is 36.6 Å². The second-order valence-electron chi connectivity index (χ2n) is 9.43. The van der Waals surface area contributed by atoms with E-state index in [0.717, 1.165) is 16.9 Å². The number of carbonyl (C=O) groups is 3. The summed E-state index contributed by atoms with van der Waals surface area (Å²) in [4.78, 5) is 40.6. The molecule has 1 aliphatic heterocycles. The predicted octanol–water partition coefficient (Wildman–Crippen LogP) is 4.56. The molecule has 2 N–H and O–H groups in total. The molecule has 6 heteroatoms. The average molecular weight is 470 g/mol. The topological polar surface area (TPSA) is 78.5 Å². The van der Waals surface area contributed by atoms with Crippen molar-refractivity contribution in [3.05, 3.63) is 107 Å². The fourth-order valence-corrected chi connectivity index (χ4v) is 4.58. The van der Waals surface area contributed by atoms with E-state index < -0.39 is 23.4 Å². The molecule has 35 heavy (non-hydrogen) atoms. The molecule has 1 fully saturated rings. The number of imide groups is 1. The minimum Gasteiger partial charge on any atom is -0.348 e. The Balaban J connectivity index is 1.51. The zero-order valence-electron chi connectivity index (χ0n) is 20.3. The van der Waals surface area contributed by atoms with Crippen LogP contribution >= 0.6 is 0 Å². The van der Waals surface area contributed by atoms with Crippen LogP contribution in [0.1, 0.15) is 49.1 Å². The quantitative estimate of drug-likeness (QED) is 0.475. The lowest BCUT2D eigenvalue weighted by Crippen LogP contribution is -2.46. The summed E-state index contributed by atoms with van der Waals surface area (Å²) in [5.41, 5.74) is 2.12. The molecule has 0 bridgehead atoms. The van der Waals surface area contributed by atoms with Gasteiger partial charge in [-0.05, 0) is 41.5 Å². The SMILES string of the molecule is CC(C)Cc1ccc(C(C)NC(=O)CN2C(=O)NC(c3ccccc3)(c3ccccc3)C2=O)cc1. The van der Waals surface area contributed by atoms with Crippen LogP contribution in [-0.4, -0.2) is 29.3 Å². The van der Waals surface area contributed by atoms with Crippen molar-refractivity contribution in [2.24, 2.45) is 5.92 Å². The summed E-state index contributed by atoms with van der Waals surface area (Å²) < 4.78 is 0. The second-order valence-corrected chi connectivity index (χ2v) is 9.43. The van der Waals surface area contributed by atoms with E-state index in [-0.39, 0.29) is 12.6 Å². The standard InChI is InChI=1S/C29H31N3O3/c1-20(2)18-22-14-16-23(17-15-22)21(3)30-26(33)19-32-27(34)29(31-28(32)35,24-10-6-4-7-11-24)25-12-8-5-9-13-25/h4-17,20-21H,18-19H2,1-3H3,(H,30,33)(H,31,35). The number of carbonyl (C=O) groups excluding carboxylic acids is 3. The zero-order chi connectivity index (χ0) is 25.0. The van der Waals surface area contributed by atoms with Crippen molar-refractivity contribution in [2.75, 3.05) is 6.54 Å². The third kappa shape index (κ3) is 4.97. The molecule has 6 nitrogen and oxygen atoms in total. The molecular weight excluding hydrogens is 438 g/mol. The average Bonchev–Trinajstić information content (AvgIpc) is 3.11. The minimum absolute atomic E-state index is 0.260. The Bertz CT molecular complexity index is 1150. The third-order valence-electron chi connectivity index (χ3n) is 6.32. The molecule has 1 atom stereocenters. The van der Waals surface area contributed by atoms with Crippen LogP contribution in [0.3, 0.4) is 0 Å². The van der Waals surface area contributed by atoms with Crippen molar-refractivity contribution in [3.63, 3.8) is 0 Å². The summed E-state index contributed by atoms with van der Waals surface area (Å²) in [7, 11) is 0. The van der Waals surface area contributed by atoms with E-state index in [1.54, 1.807) is 24.3 Å². The Morgan fingerprint density at radius 1 is 0.857 bits per heavy atom. The maximum atomic E-state index is 13.7. The van der Waals surface area contributed by atoms with Crippen LogP contribution in [0, 0.1) is 5.92 Å². The lowest BCUT2D eigenvalue weighted by Gasteiger charge is -2.28. The number of benzene rings is 3. The first-order chi connectivity index (χ1) is 16.8. The monoisotopic (exact) mass is 469 g/mol. The van der Waals surface area contributed by atoms with Crippen molar-refractivity contribution in [2.45, 2.75) is 38.8 Å². The molecule has 4 rings (SSSR count). The largest absolute Gasteiger partial charge is 0.348 e. The molecule has 180 valence electrons. The highest BCUT2D eigenvalue weighted by molar-refractivity contribution is 6.11. The first-order valence-electron chi connectivity index (χ1n) is 11.9. The van der Waals surface area contributed by atoms with Gasteiger partial charge in [0.25, 0.3) is 5.91 Å². The van der Waals surface area contributed by atoms with Gasteiger partial charge in [0.15, 0.2) is 5.54 Å². The molecule has 0 radical (unpaired) electrons. The first kappa shape index (κ1) is 24.2.